The molecule has 112 valence electrons. The molecule has 0 bridgehead atoms. The van der Waals surface area contributed by atoms with Crippen molar-refractivity contribution in [1.29, 1.82) is 0 Å². The first-order chi connectivity index (χ1) is 10.2. The average molecular weight is 285 g/mol. The minimum atomic E-state index is -0.166. The van der Waals surface area contributed by atoms with E-state index in [1.807, 2.05) is 16.8 Å². The monoisotopic (exact) mass is 285 g/mol. The van der Waals surface area contributed by atoms with Gasteiger partial charge in [-0.15, -0.1) is 0 Å². The van der Waals surface area contributed by atoms with E-state index in [1.54, 1.807) is 0 Å². The van der Waals surface area contributed by atoms with Crippen LogP contribution in [0.4, 0.5) is 0 Å². The second-order valence-corrected chi connectivity index (χ2v) is 5.60. The molecule has 0 spiro atoms. The smallest absolute Gasteiger partial charge is 0.120 e. The van der Waals surface area contributed by atoms with Crippen LogP contribution in [0, 0.1) is 0 Å². The molecule has 0 aliphatic heterocycles. The lowest BCUT2D eigenvalue weighted by Gasteiger charge is -2.15. The number of hydrogen-bond acceptors (Lipinski definition) is 3. The summed E-state index contributed by atoms with van der Waals surface area (Å²) >= 11 is 0. The summed E-state index contributed by atoms with van der Waals surface area (Å²) in [6.45, 7) is 5.04. The Hall–Kier alpha value is -1.81. The van der Waals surface area contributed by atoms with Crippen molar-refractivity contribution in [3.8, 4) is 5.75 Å². The first-order valence-corrected chi connectivity index (χ1v) is 7.80. The number of hydrogen-bond donors (Lipinski definition) is 1. The summed E-state index contributed by atoms with van der Waals surface area (Å²) in [7, 11) is 0. The van der Waals surface area contributed by atoms with Gasteiger partial charge < -0.3 is 10.5 Å². The molecule has 0 radical (unpaired) electrons. The Balaban J connectivity index is 1.86. The second-order valence-electron chi connectivity index (χ2n) is 5.60. The van der Waals surface area contributed by atoms with Crippen LogP contribution in [0.25, 0.3) is 0 Å². The van der Waals surface area contributed by atoms with Gasteiger partial charge in [-0.2, -0.15) is 5.10 Å². The standard InChI is InChI=1S/C17H23N3O/c1-3-13-11-16(20(4-2)19-13)17(18)12-6-5-7-15(10-12)21-14-8-9-14/h5-7,10-11,14,17H,3-4,8-9,18H2,1-2H3. The zero-order chi connectivity index (χ0) is 14.8. The third kappa shape index (κ3) is 3.10. The van der Waals surface area contributed by atoms with E-state index in [-0.39, 0.29) is 6.04 Å². The van der Waals surface area contributed by atoms with Crippen molar-refractivity contribution in [3.05, 3.63) is 47.3 Å². The first-order valence-electron chi connectivity index (χ1n) is 7.80. The van der Waals surface area contributed by atoms with E-state index in [9.17, 15) is 0 Å². The predicted molar refractivity (Wildman–Crippen MR) is 83.4 cm³/mol. The number of aromatic nitrogens is 2. The lowest BCUT2D eigenvalue weighted by Crippen LogP contribution is -2.17. The van der Waals surface area contributed by atoms with Crippen molar-refractivity contribution in [3.63, 3.8) is 0 Å². The van der Waals surface area contributed by atoms with Gasteiger partial charge in [-0.3, -0.25) is 4.68 Å². The molecule has 1 aromatic heterocycles. The Morgan fingerprint density at radius 1 is 1.33 bits per heavy atom. The van der Waals surface area contributed by atoms with Crippen LogP contribution in [-0.2, 0) is 13.0 Å². The van der Waals surface area contributed by atoms with Gasteiger partial charge in [0.05, 0.1) is 23.5 Å². The van der Waals surface area contributed by atoms with Gasteiger partial charge in [-0.05, 0) is 49.9 Å². The molecule has 2 N–H and O–H groups in total. The average Bonchev–Trinajstić information content (AvgIpc) is 3.22. The summed E-state index contributed by atoms with van der Waals surface area (Å²) in [6.07, 6.45) is 3.67. The first kappa shape index (κ1) is 14.1. The Labute approximate surface area is 125 Å². The van der Waals surface area contributed by atoms with Crippen molar-refractivity contribution in [2.24, 2.45) is 5.73 Å². The largest absolute Gasteiger partial charge is 0.490 e. The van der Waals surface area contributed by atoms with Crippen molar-refractivity contribution in [2.45, 2.75) is 51.8 Å². The van der Waals surface area contributed by atoms with E-state index < -0.39 is 0 Å². The fourth-order valence-electron chi connectivity index (χ4n) is 2.49. The predicted octanol–water partition coefficient (Wildman–Crippen LogP) is 3.05. The third-order valence-corrected chi connectivity index (χ3v) is 3.89. The number of benzene rings is 1. The Bertz CT molecular complexity index is 616. The molecule has 4 heteroatoms. The third-order valence-electron chi connectivity index (χ3n) is 3.89. The Morgan fingerprint density at radius 3 is 2.81 bits per heavy atom. The highest BCUT2D eigenvalue weighted by atomic mass is 16.5. The molecule has 4 nitrogen and oxygen atoms in total. The van der Waals surface area contributed by atoms with E-state index in [0.717, 1.165) is 35.7 Å². The van der Waals surface area contributed by atoms with Gasteiger partial charge in [0.15, 0.2) is 0 Å². The molecule has 0 saturated heterocycles. The fraction of sp³-hybridized carbons (Fsp3) is 0.471. The highest BCUT2D eigenvalue weighted by molar-refractivity contribution is 5.35. The van der Waals surface area contributed by atoms with Crippen molar-refractivity contribution in [2.75, 3.05) is 0 Å². The molecule has 1 unspecified atom stereocenters. The molecule has 21 heavy (non-hydrogen) atoms. The maximum Gasteiger partial charge on any atom is 0.120 e. The molecule has 1 heterocycles. The molecule has 1 aliphatic carbocycles. The lowest BCUT2D eigenvalue weighted by molar-refractivity contribution is 0.303. The summed E-state index contributed by atoms with van der Waals surface area (Å²) in [6, 6.07) is 10.1. The van der Waals surface area contributed by atoms with Crippen molar-refractivity contribution < 1.29 is 4.74 Å². The van der Waals surface area contributed by atoms with Gasteiger partial charge in [-0.1, -0.05) is 19.1 Å². The maximum absolute atomic E-state index is 6.46. The molecular formula is C17H23N3O. The van der Waals surface area contributed by atoms with Crippen LogP contribution < -0.4 is 10.5 Å². The summed E-state index contributed by atoms with van der Waals surface area (Å²) in [5.74, 6) is 0.920. The molecule has 1 aromatic carbocycles. The summed E-state index contributed by atoms with van der Waals surface area (Å²) in [4.78, 5) is 0. The van der Waals surface area contributed by atoms with E-state index in [0.29, 0.717) is 6.10 Å². The number of aryl methyl sites for hydroxylation is 2. The highest BCUT2D eigenvalue weighted by Gasteiger charge is 2.24. The Morgan fingerprint density at radius 2 is 2.14 bits per heavy atom. The highest BCUT2D eigenvalue weighted by Crippen LogP contribution is 2.29. The van der Waals surface area contributed by atoms with Crippen molar-refractivity contribution in [1.82, 2.24) is 9.78 Å². The van der Waals surface area contributed by atoms with Gasteiger partial charge in [0.2, 0.25) is 0 Å². The number of nitrogens with two attached hydrogens (primary N) is 1. The fourth-order valence-corrected chi connectivity index (χ4v) is 2.49. The van der Waals surface area contributed by atoms with E-state index >= 15 is 0 Å². The quantitative estimate of drug-likeness (QED) is 0.887. The van der Waals surface area contributed by atoms with Crippen LogP contribution in [0.5, 0.6) is 5.75 Å². The van der Waals surface area contributed by atoms with Gasteiger partial charge in [0.1, 0.15) is 5.75 Å². The maximum atomic E-state index is 6.46. The van der Waals surface area contributed by atoms with E-state index in [1.165, 1.54) is 12.8 Å². The topological polar surface area (TPSA) is 53.1 Å². The van der Waals surface area contributed by atoms with Crippen molar-refractivity contribution >= 4 is 0 Å². The zero-order valence-electron chi connectivity index (χ0n) is 12.7. The minimum Gasteiger partial charge on any atom is -0.490 e. The van der Waals surface area contributed by atoms with Gasteiger partial charge in [0, 0.05) is 6.54 Å². The van der Waals surface area contributed by atoms with Crippen LogP contribution in [0.15, 0.2) is 30.3 Å². The lowest BCUT2D eigenvalue weighted by atomic mass is 10.0. The van der Waals surface area contributed by atoms with Gasteiger partial charge in [-0.25, -0.2) is 0 Å². The van der Waals surface area contributed by atoms with E-state index in [2.05, 4.69) is 37.1 Å². The van der Waals surface area contributed by atoms with Crippen LogP contribution in [0.3, 0.4) is 0 Å². The van der Waals surface area contributed by atoms with Gasteiger partial charge in [0.25, 0.3) is 0 Å². The number of rotatable bonds is 6. The molecular weight excluding hydrogens is 262 g/mol. The second kappa shape index (κ2) is 5.90. The molecule has 1 fully saturated rings. The normalized spacial score (nSPS) is 16.0. The molecule has 1 saturated carbocycles. The molecule has 1 aliphatic rings. The molecule has 2 aromatic rings. The zero-order valence-corrected chi connectivity index (χ0v) is 12.7. The minimum absolute atomic E-state index is 0.166. The number of nitrogens with zero attached hydrogens (tertiary/aromatic N) is 2. The molecule has 3 rings (SSSR count). The Kier molecular flexibility index (Phi) is 3.97. The van der Waals surface area contributed by atoms with Crippen LogP contribution in [0.1, 0.15) is 49.7 Å². The van der Waals surface area contributed by atoms with Gasteiger partial charge >= 0.3 is 0 Å². The SMILES string of the molecule is CCc1cc(C(N)c2cccc(OC3CC3)c2)n(CC)n1. The van der Waals surface area contributed by atoms with Crippen LogP contribution >= 0.6 is 0 Å². The molecule has 1 atom stereocenters. The summed E-state index contributed by atoms with van der Waals surface area (Å²) in [5, 5.41) is 4.58. The van der Waals surface area contributed by atoms with Crippen LogP contribution in [0.2, 0.25) is 0 Å². The molecule has 0 amide bonds. The number of ether oxygens (including phenoxy) is 1. The van der Waals surface area contributed by atoms with Crippen LogP contribution in [-0.4, -0.2) is 15.9 Å². The summed E-state index contributed by atoms with van der Waals surface area (Å²) < 4.78 is 7.85. The van der Waals surface area contributed by atoms with E-state index in [4.69, 9.17) is 10.5 Å². The summed E-state index contributed by atoms with van der Waals surface area (Å²) in [5.41, 5.74) is 9.69.